The topological polar surface area (TPSA) is 89.3 Å². The number of aryl methyl sites for hydroxylation is 3. The van der Waals surface area contributed by atoms with Crippen molar-refractivity contribution < 1.29 is 14.3 Å². The summed E-state index contributed by atoms with van der Waals surface area (Å²) in [4.78, 5) is 30.4. The van der Waals surface area contributed by atoms with Gasteiger partial charge in [-0.2, -0.15) is 5.10 Å². The average Bonchev–Trinajstić information content (AvgIpc) is 2.91. The van der Waals surface area contributed by atoms with Crippen molar-refractivity contribution in [3.05, 3.63) is 40.3 Å². The number of hydrogen-bond donors (Lipinski definition) is 1. The van der Waals surface area contributed by atoms with E-state index in [-0.39, 0.29) is 11.8 Å². The van der Waals surface area contributed by atoms with Gasteiger partial charge in [0.15, 0.2) is 5.69 Å². The number of fused-ring (bicyclic) bond motifs is 1. The van der Waals surface area contributed by atoms with Crippen LogP contribution in [0.1, 0.15) is 46.3 Å². The van der Waals surface area contributed by atoms with Crippen molar-refractivity contribution in [1.82, 2.24) is 25.0 Å². The van der Waals surface area contributed by atoms with E-state index < -0.39 is 0 Å². The fourth-order valence-corrected chi connectivity index (χ4v) is 3.31. The number of carbonyl (C=O) groups is 2. The van der Waals surface area contributed by atoms with Gasteiger partial charge in [0, 0.05) is 37.8 Å². The maximum atomic E-state index is 12.6. The van der Waals surface area contributed by atoms with Crippen LogP contribution in [0.25, 0.3) is 0 Å². The van der Waals surface area contributed by atoms with Crippen molar-refractivity contribution in [3.8, 4) is 5.88 Å². The third-order valence-corrected chi connectivity index (χ3v) is 4.75. The van der Waals surface area contributed by atoms with Crippen LogP contribution in [0.15, 0.2) is 12.1 Å². The second-order valence-electron chi connectivity index (χ2n) is 6.79. The Kier molecular flexibility index (Phi) is 5.43. The fraction of sp³-hybridized carbons (Fsp3) is 0.474. The molecule has 0 bridgehead atoms. The average molecular weight is 371 g/mol. The molecule has 2 amide bonds. The van der Waals surface area contributed by atoms with Gasteiger partial charge in [-0.05, 0) is 38.0 Å². The van der Waals surface area contributed by atoms with E-state index >= 15 is 0 Å². The lowest BCUT2D eigenvalue weighted by Gasteiger charge is -2.17. The summed E-state index contributed by atoms with van der Waals surface area (Å²) in [6, 6.07) is 3.72. The molecule has 0 aliphatic carbocycles. The van der Waals surface area contributed by atoms with Crippen LogP contribution < -0.4 is 10.1 Å². The highest BCUT2D eigenvalue weighted by atomic mass is 16.5. The summed E-state index contributed by atoms with van der Waals surface area (Å²) >= 11 is 0. The highest BCUT2D eigenvalue weighted by Crippen LogP contribution is 2.20. The summed E-state index contributed by atoms with van der Waals surface area (Å²) in [6.45, 7) is 7.62. The van der Waals surface area contributed by atoms with Gasteiger partial charge in [-0.1, -0.05) is 0 Å². The van der Waals surface area contributed by atoms with E-state index in [2.05, 4.69) is 15.4 Å². The number of aromatic nitrogens is 3. The van der Waals surface area contributed by atoms with Crippen LogP contribution in [0.5, 0.6) is 5.88 Å². The lowest BCUT2D eigenvalue weighted by atomic mass is 10.1. The summed E-state index contributed by atoms with van der Waals surface area (Å²) in [5, 5.41) is 7.31. The normalized spacial score (nSPS) is 13.7. The van der Waals surface area contributed by atoms with Crippen molar-refractivity contribution in [2.75, 3.05) is 13.7 Å². The van der Waals surface area contributed by atoms with E-state index in [0.29, 0.717) is 37.8 Å². The number of ether oxygens (including phenoxy) is 1. The maximum Gasteiger partial charge on any atom is 0.272 e. The summed E-state index contributed by atoms with van der Waals surface area (Å²) in [5.41, 5.74) is 3.95. The van der Waals surface area contributed by atoms with Crippen LogP contribution in [-0.4, -0.2) is 45.1 Å². The third-order valence-electron chi connectivity index (χ3n) is 4.75. The molecule has 0 unspecified atom stereocenters. The van der Waals surface area contributed by atoms with Gasteiger partial charge in [-0.3, -0.25) is 14.3 Å². The molecule has 0 radical (unpaired) electrons. The van der Waals surface area contributed by atoms with E-state index in [1.165, 1.54) is 0 Å². The van der Waals surface area contributed by atoms with Gasteiger partial charge in [-0.25, -0.2) is 4.98 Å². The Balaban J connectivity index is 1.73. The molecule has 1 N–H and O–H groups in total. The first-order valence-electron chi connectivity index (χ1n) is 9.00. The van der Waals surface area contributed by atoms with Gasteiger partial charge < -0.3 is 15.0 Å². The third kappa shape index (κ3) is 4.10. The number of methoxy groups -OCH3 is 1. The highest BCUT2D eigenvalue weighted by Gasteiger charge is 2.21. The van der Waals surface area contributed by atoms with Crippen LogP contribution in [0.3, 0.4) is 0 Å². The molecule has 2 aromatic rings. The Morgan fingerprint density at radius 2 is 2.04 bits per heavy atom. The molecule has 0 atom stereocenters. The smallest absolute Gasteiger partial charge is 0.272 e. The van der Waals surface area contributed by atoms with Gasteiger partial charge in [0.05, 0.1) is 19.3 Å². The molecule has 8 nitrogen and oxygen atoms in total. The second-order valence-corrected chi connectivity index (χ2v) is 6.79. The predicted molar refractivity (Wildman–Crippen MR) is 99.4 cm³/mol. The Bertz CT molecular complexity index is 874. The molecule has 144 valence electrons. The number of rotatable bonds is 4. The lowest BCUT2D eigenvalue weighted by Crippen LogP contribution is -2.28. The van der Waals surface area contributed by atoms with Gasteiger partial charge in [0.25, 0.3) is 5.91 Å². The first-order valence-corrected chi connectivity index (χ1v) is 9.00. The van der Waals surface area contributed by atoms with Crippen molar-refractivity contribution >= 4 is 11.8 Å². The predicted octanol–water partition coefficient (Wildman–Crippen LogP) is 1.59. The minimum Gasteiger partial charge on any atom is -0.481 e. The molecule has 8 heteroatoms. The van der Waals surface area contributed by atoms with Crippen LogP contribution in [0.4, 0.5) is 0 Å². The first kappa shape index (κ1) is 18.9. The van der Waals surface area contributed by atoms with Crippen molar-refractivity contribution in [3.63, 3.8) is 0 Å². The molecule has 0 fully saturated rings. The molecule has 2 aromatic heterocycles. The molecular weight excluding hydrogens is 346 g/mol. The number of hydrogen-bond acceptors (Lipinski definition) is 5. The highest BCUT2D eigenvalue weighted by molar-refractivity contribution is 5.92. The Morgan fingerprint density at radius 1 is 1.26 bits per heavy atom. The molecule has 1 aliphatic rings. The Hall–Kier alpha value is -2.90. The largest absolute Gasteiger partial charge is 0.481 e. The number of amides is 2. The zero-order chi connectivity index (χ0) is 19.6. The Labute approximate surface area is 158 Å². The van der Waals surface area contributed by atoms with Gasteiger partial charge in [-0.15, -0.1) is 0 Å². The van der Waals surface area contributed by atoms with Crippen LogP contribution in [0, 0.1) is 13.8 Å². The second kappa shape index (κ2) is 7.77. The number of carbonyl (C=O) groups excluding carboxylic acids is 2. The molecule has 0 spiro atoms. The molecule has 0 saturated heterocycles. The molecule has 1 aliphatic heterocycles. The van der Waals surface area contributed by atoms with E-state index in [1.807, 2.05) is 24.6 Å². The summed E-state index contributed by atoms with van der Waals surface area (Å²) in [7, 11) is 1.57. The maximum absolute atomic E-state index is 12.6. The van der Waals surface area contributed by atoms with Crippen LogP contribution in [-0.2, 0) is 24.4 Å². The van der Waals surface area contributed by atoms with E-state index in [1.54, 1.807) is 25.0 Å². The molecular formula is C19H25N5O3. The van der Waals surface area contributed by atoms with E-state index in [4.69, 9.17) is 4.74 Å². The molecule has 3 rings (SSSR count). The summed E-state index contributed by atoms with van der Waals surface area (Å²) in [5.74, 6) is 0.294. The zero-order valence-electron chi connectivity index (χ0n) is 16.2. The van der Waals surface area contributed by atoms with Crippen molar-refractivity contribution in [2.24, 2.45) is 0 Å². The van der Waals surface area contributed by atoms with E-state index in [0.717, 1.165) is 28.9 Å². The fourth-order valence-electron chi connectivity index (χ4n) is 3.31. The zero-order valence-corrected chi connectivity index (χ0v) is 16.2. The number of pyridine rings is 1. The Morgan fingerprint density at radius 3 is 2.74 bits per heavy atom. The quantitative estimate of drug-likeness (QED) is 0.881. The molecule has 0 saturated carbocycles. The summed E-state index contributed by atoms with van der Waals surface area (Å²) < 4.78 is 7.16. The van der Waals surface area contributed by atoms with Crippen LogP contribution in [0.2, 0.25) is 0 Å². The molecule has 0 aromatic carbocycles. The minimum atomic E-state index is -0.257. The lowest BCUT2D eigenvalue weighted by molar-refractivity contribution is -0.129. The first-order chi connectivity index (χ1) is 12.9. The molecule has 27 heavy (non-hydrogen) atoms. The number of nitrogens with zero attached hydrogens (tertiary/aromatic N) is 4. The van der Waals surface area contributed by atoms with E-state index in [9.17, 15) is 9.59 Å². The van der Waals surface area contributed by atoms with Crippen molar-refractivity contribution in [2.45, 2.75) is 46.8 Å². The van der Waals surface area contributed by atoms with Gasteiger partial charge >= 0.3 is 0 Å². The van der Waals surface area contributed by atoms with Gasteiger partial charge in [0.1, 0.15) is 0 Å². The summed E-state index contributed by atoms with van der Waals surface area (Å²) in [6.07, 6.45) is 0.820. The standard InChI is InChI=1S/C19H25N5O3/c1-12-8-13(2)21-19(27-4)16(12)10-20-18(26)17-9-15-11-23(14(3)25)6-5-7-24(15)22-17/h8-9H,5-7,10-11H2,1-4H3,(H,20,26). The monoisotopic (exact) mass is 371 g/mol. The minimum absolute atomic E-state index is 0.0325. The van der Waals surface area contributed by atoms with Crippen molar-refractivity contribution in [1.29, 1.82) is 0 Å². The van der Waals surface area contributed by atoms with Crippen LogP contribution >= 0.6 is 0 Å². The molecule has 3 heterocycles. The number of nitrogens with one attached hydrogen (secondary N) is 1. The van der Waals surface area contributed by atoms with Gasteiger partial charge in [0.2, 0.25) is 11.8 Å². The SMILES string of the molecule is COc1nc(C)cc(C)c1CNC(=O)c1cc2n(n1)CCCN(C(C)=O)C2.